The van der Waals surface area contributed by atoms with E-state index < -0.39 is 0 Å². The zero-order valence-corrected chi connectivity index (χ0v) is 14.2. The number of para-hydroxylation sites is 1. The Morgan fingerprint density at radius 2 is 1.80 bits per heavy atom. The first kappa shape index (κ1) is 15.6. The summed E-state index contributed by atoms with van der Waals surface area (Å²) in [5.41, 5.74) is 1.06. The zero-order chi connectivity index (χ0) is 14.7. The largest absolute Gasteiger partial charge is 0.455 e. The van der Waals surface area contributed by atoms with Crippen LogP contribution in [0.1, 0.15) is 18.5 Å². The van der Waals surface area contributed by atoms with Crippen LogP contribution in [0.25, 0.3) is 0 Å². The molecular weight excluding hydrogens is 361 g/mol. The summed E-state index contributed by atoms with van der Waals surface area (Å²) >= 11 is 15.6. The smallest absolute Gasteiger partial charge is 0.147 e. The first-order valence-corrected chi connectivity index (χ1v) is 7.66. The van der Waals surface area contributed by atoms with E-state index >= 15 is 0 Å². The Hall–Kier alpha value is -0.740. The molecule has 106 valence electrons. The second-order valence-electron chi connectivity index (χ2n) is 4.35. The zero-order valence-electron chi connectivity index (χ0n) is 11.1. The monoisotopic (exact) mass is 373 g/mol. The fourth-order valence-electron chi connectivity index (χ4n) is 1.79. The van der Waals surface area contributed by atoms with Gasteiger partial charge in [0.15, 0.2) is 0 Å². The van der Waals surface area contributed by atoms with Crippen molar-refractivity contribution in [1.29, 1.82) is 0 Å². The quantitative estimate of drug-likeness (QED) is 0.680. The molecule has 0 heterocycles. The molecule has 0 fully saturated rings. The lowest BCUT2D eigenvalue weighted by Gasteiger charge is -2.17. The first-order chi connectivity index (χ1) is 9.52. The molecule has 2 rings (SSSR count). The van der Waals surface area contributed by atoms with Gasteiger partial charge in [-0.05, 0) is 42.0 Å². The Labute approximate surface area is 137 Å². The standard InChI is InChI=1S/C15H14BrCl2NO/c1-9(19-2)10-5-3-4-6-14(10)20-15-8-12(17)11(16)7-13(15)18/h3-9,19H,1-2H3. The SMILES string of the molecule is CNC(C)c1ccccc1Oc1cc(Cl)c(Br)cc1Cl. The van der Waals surface area contributed by atoms with E-state index in [0.717, 1.165) is 15.8 Å². The van der Waals surface area contributed by atoms with Crippen molar-refractivity contribution in [3.05, 3.63) is 56.5 Å². The molecule has 1 atom stereocenters. The predicted octanol–water partition coefficient (Wildman–Crippen LogP) is 5.83. The minimum Gasteiger partial charge on any atom is -0.455 e. The van der Waals surface area contributed by atoms with E-state index in [2.05, 4.69) is 28.2 Å². The number of benzene rings is 2. The van der Waals surface area contributed by atoms with E-state index in [4.69, 9.17) is 27.9 Å². The lowest BCUT2D eigenvalue weighted by atomic mass is 10.1. The minimum atomic E-state index is 0.177. The van der Waals surface area contributed by atoms with Crippen molar-refractivity contribution in [1.82, 2.24) is 5.32 Å². The summed E-state index contributed by atoms with van der Waals surface area (Å²) in [5.74, 6) is 1.30. The average Bonchev–Trinajstić information content (AvgIpc) is 2.44. The number of hydrogen-bond donors (Lipinski definition) is 1. The highest BCUT2D eigenvalue weighted by Gasteiger charge is 2.13. The highest BCUT2D eigenvalue weighted by molar-refractivity contribution is 9.10. The van der Waals surface area contributed by atoms with Crippen molar-refractivity contribution in [2.75, 3.05) is 7.05 Å². The van der Waals surface area contributed by atoms with Crippen molar-refractivity contribution in [2.24, 2.45) is 0 Å². The molecule has 0 aliphatic rings. The molecule has 1 N–H and O–H groups in total. The molecule has 0 spiro atoms. The summed E-state index contributed by atoms with van der Waals surface area (Å²) in [6.45, 7) is 2.07. The number of nitrogens with one attached hydrogen (secondary N) is 1. The summed E-state index contributed by atoms with van der Waals surface area (Å²) in [5, 5.41) is 4.26. The van der Waals surface area contributed by atoms with Crippen molar-refractivity contribution in [3.8, 4) is 11.5 Å². The van der Waals surface area contributed by atoms with Crippen molar-refractivity contribution in [2.45, 2.75) is 13.0 Å². The van der Waals surface area contributed by atoms with Gasteiger partial charge in [0.2, 0.25) is 0 Å². The molecule has 20 heavy (non-hydrogen) atoms. The molecule has 0 bridgehead atoms. The van der Waals surface area contributed by atoms with Gasteiger partial charge in [-0.15, -0.1) is 0 Å². The van der Waals surface area contributed by atoms with Crippen LogP contribution in [0.4, 0.5) is 0 Å². The van der Waals surface area contributed by atoms with E-state index in [9.17, 15) is 0 Å². The second-order valence-corrected chi connectivity index (χ2v) is 6.02. The summed E-state index contributed by atoms with van der Waals surface area (Å²) in [4.78, 5) is 0. The van der Waals surface area contributed by atoms with E-state index in [1.54, 1.807) is 12.1 Å². The maximum Gasteiger partial charge on any atom is 0.147 e. The number of hydrogen-bond acceptors (Lipinski definition) is 2. The number of rotatable bonds is 4. The van der Waals surface area contributed by atoms with Crippen LogP contribution in [0, 0.1) is 0 Å². The van der Waals surface area contributed by atoms with Gasteiger partial charge in [-0.1, -0.05) is 41.4 Å². The third kappa shape index (κ3) is 3.47. The van der Waals surface area contributed by atoms with Gasteiger partial charge in [0.05, 0.1) is 10.0 Å². The van der Waals surface area contributed by atoms with Crippen LogP contribution in [-0.4, -0.2) is 7.05 Å². The highest BCUT2D eigenvalue weighted by atomic mass is 79.9. The summed E-state index contributed by atoms with van der Waals surface area (Å²) < 4.78 is 6.67. The van der Waals surface area contributed by atoms with Gasteiger partial charge in [0.25, 0.3) is 0 Å². The third-order valence-corrected chi connectivity index (χ3v) is 4.51. The summed E-state index contributed by atoms with van der Waals surface area (Å²) in [6.07, 6.45) is 0. The van der Waals surface area contributed by atoms with Crippen molar-refractivity contribution >= 4 is 39.1 Å². The highest BCUT2D eigenvalue weighted by Crippen LogP contribution is 2.38. The van der Waals surface area contributed by atoms with Gasteiger partial charge in [-0.3, -0.25) is 0 Å². The van der Waals surface area contributed by atoms with Gasteiger partial charge in [0, 0.05) is 22.1 Å². The van der Waals surface area contributed by atoms with Crippen LogP contribution < -0.4 is 10.1 Å². The van der Waals surface area contributed by atoms with Crippen LogP contribution in [0.5, 0.6) is 11.5 Å². The third-order valence-electron chi connectivity index (χ3n) is 3.01. The fourth-order valence-corrected chi connectivity index (χ4v) is 2.62. The van der Waals surface area contributed by atoms with Crippen molar-refractivity contribution < 1.29 is 4.74 Å². The van der Waals surface area contributed by atoms with E-state index in [1.165, 1.54) is 0 Å². The lowest BCUT2D eigenvalue weighted by molar-refractivity contribution is 0.466. The van der Waals surface area contributed by atoms with Crippen LogP contribution in [0.2, 0.25) is 10.0 Å². The molecule has 2 aromatic rings. The Kier molecular flexibility index (Phi) is 5.33. The molecule has 0 radical (unpaired) electrons. The normalized spacial score (nSPS) is 12.2. The van der Waals surface area contributed by atoms with Gasteiger partial charge < -0.3 is 10.1 Å². The molecule has 0 saturated heterocycles. The van der Waals surface area contributed by atoms with E-state index in [-0.39, 0.29) is 6.04 Å². The summed E-state index contributed by atoms with van der Waals surface area (Å²) in [6, 6.07) is 11.4. The van der Waals surface area contributed by atoms with E-state index in [1.807, 2.05) is 31.3 Å². The fraction of sp³-hybridized carbons (Fsp3) is 0.200. The van der Waals surface area contributed by atoms with Crippen LogP contribution in [0.3, 0.4) is 0 Å². The molecule has 0 aliphatic heterocycles. The molecular formula is C15H14BrCl2NO. The Morgan fingerprint density at radius 3 is 2.50 bits per heavy atom. The lowest BCUT2D eigenvalue weighted by Crippen LogP contribution is -2.13. The number of ether oxygens (including phenoxy) is 1. The molecule has 2 nitrogen and oxygen atoms in total. The topological polar surface area (TPSA) is 21.3 Å². The molecule has 2 aromatic carbocycles. The van der Waals surface area contributed by atoms with Crippen molar-refractivity contribution in [3.63, 3.8) is 0 Å². The van der Waals surface area contributed by atoms with Crippen LogP contribution in [0.15, 0.2) is 40.9 Å². The summed E-state index contributed by atoms with van der Waals surface area (Å²) in [7, 11) is 1.91. The maximum absolute atomic E-state index is 6.19. The predicted molar refractivity (Wildman–Crippen MR) is 88.2 cm³/mol. The number of halogens is 3. The Bertz CT molecular complexity index is 619. The molecule has 0 amide bonds. The van der Waals surface area contributed by atoms with Crippen LogP contribution >= 0.6 is 39.1 Å². The molecule has 0 aliphatic carbocycles. The van der Waals surface area contributed by atoms with Crippen LogP contribution in [-0.2, 0) is 0 Å². The molecule has 0 aromatic heterocycles. The van der Waals surface area contributed by atoms with Gasteiger partial charge >= 0.3 is 0 Å². The second kappa shape index (κ2) is 6.81. The van der Waals surface area contributed by atoms with Gasteiger partial charge in [-0.25, -0.2) is 0 Å². The molecule has 1 unspecified atom stereocenters. The minimum absolute atomic E-state index is 0.177. The first-order valence-electron chi connectivity index (χ1n) is 6.11. The van der Waals surface area contributed by atoms with Gasteiger partial charge in [0.1, 0.15) is 11.5 Å². The average molecular weight is 375 g/mol. The Morgan fingerprint density at radius 1 is 1.10 bits per heavy atom. The van der Waals surface area contributed by atoms with E-state index in [0.29, 0.717) is 15.8 Å². The maximum atomic E-state index is 6.19. The molecule has 5 heteroatoms. The van der Waals surface area contributed by atoms with Gasteiger partial charge in [-0.2, -0.15) is 0 Å². The Balaban J connectivity index is 2.38. The molecule has 0 saturated carbocycles.